The number of nitrogens with zero attached hydrogens (tertiary/aromatic N) is 3. The van der Waals surface area contributed by atoms with Crippen molar-refractivity contribution in [2.45, 2.75) is 0 Å². The van der Waals surface area contributed by atoms with Crippen molar-refractivity contribution < 1.29 is 9.59 Å². The number of hydrogen-bond donors (Lipinski definition) is 3. The van der Waals surface area contributed by atoms with Gasteiger partial charge in [-0.05, 0) is 34.1 Å². The highest BCUT2D eigenvalue weighted by Gasteiger charge is 2.18. The second kappa shape index (κ2) is 6.13. The molecule has 3 rings (SSSR count). The first-order valence-corrected chi connectivity index (χ1v) is 7.45. The lowest BCUT2D eigenvalue weighted by Crippen LogP contribution is -2.42. The van der Waals surface area contributed by atoms with E-state index in [9.17, 15) is 9.59 Å². The van der Waals surface area contributed by atoms with E-state index in [2.05, 4.69) is 36.9 Å². The SMILES string of the molecule is Cn1ncc(C(=O)NNC(=O)c2cc(Br)c[nH]2)c1-n1cccc1. The van der Waals surface area contributed by atoms with Crippen LogP contribution in [0.5, 0.6) is 0 Å². The monoisotopic (exact) mass is 376 g/mol. The minimum absolute atomic E-state index is 0.328. The Morgan fingerprint density at radius 2 is 1.91 bits per heavy atom. The van der Waals surface area contributed by atoms with Crippen molar-refractivity contribution in [2.75, 3.05) is 0 Å². The van der Waals surface area contributed by atoms with Gasteiger partial charge in [-0.25, -0.2) is 0 Å². The van der Waals surface area contributed by atoms with Gasteiger partial charge < -0.3 is 9.55 Å². The third kappa shape index (κ3) is 3.04. The van der Waals surface area contributed by atoms with Crippen molar-refractivity contribution in [3.8, 4) is 5.82 Å². The molecule has 0 fully saturated rings. The van der Waals surface area contributed by atoms with E-state index in [4.69, 9.17) is 0 Å². The minimum Gasteiger partial charge on any atom is -0.356 e. The van der Waals surface area contributed by atoms with Gasteiger partial charge >= 0.3 is 0 Å². The first-order valence-electron chi connectivity index (χ1n) is 6.66. The number of hydrogen-bond acceptors (Lipinski definition) is 3. The lowest BCUT2D eigenvalue weighted by Gasteiger charge is -2.09. The highest BCUT2D eigenvalue weighted by molar-refractivity contribution is 9.10. The standard InChI is InChI=1S/C14H13BrN6O2/c1-20-14(21-4-2-3-5-21)10(8-17-20)12(22)18-19-13(23)11-6-9(15)7-16-11/h2-8,16H,1H3,(H,18,22)(H,19,23). The first kappa shape index (κ1) is 15.1. The number of halogens is 1. The predicted molar refractivity (Wildman–Crippen MR) is 86.0 cm³/mol. The van der Waals surface area contributed by atoms with Gasteiger partial charge in [0.25, 0.3) is 11.8 Å². The number of amides is 2. The van der Waals surface area contributed by atoms with Gasteiger partial charge in [0, 0.05) is 30.1 Å². The Balaban J connectivity index is 1.73. The van der Waals surface area contributed by atoms with Crippen molar-refractivity contribution >= 4 is 27.7 Å². The molecule has 0 spiro atoms. The number of carbonyl (C=O) groups excluding carboxylic acids is 2. The molecule has 8 nitrogen and oxygen atoms in total. The average molecular weight is 377 g/mol. The summed E-state index contributed by atoms with van der Waals surface area (Å²) in [7, 11) is 1.74. The Kier molecular flexibility index (Phi) is 4.02. The van der Waals surface area contributed by atoms with E-state index in [1.54, 1.807) is 28.6 Å². The Morgan fingerprint density at radius 3 is 2.57 bits per heavy atom. The molecule has 3 aromatic rings. The summed E-state index contributed by atoms with van der Waals surface area (Å²) in [6.45, 7) is 0. The molecule has 0 bridgehead atoms. The molecule has 3 aromatic heterocycles. The fraction of sp³-hybridized carbons (Fsp3) is 0.0714. The molecule has 9 heteroatoms. The van der Waals surface area contributed by atoms with Crippen molar-refractivity contribution in [3.63, 3.8) is 0 Å². The summed E-state index contributed by atoms with van der Waals surface area (Å²) in [4.78, 5) is 27.0. The zero-order valence-corrected chi connectivity index (χ0v) is 13.7. The van der Waals surface area contributed by atoms with Crippen LogP contribution < -0.4 is 10.9 Å². The number of nitrogens with one attached hydrogen (secondary N) is 3. The van der Waals surface area contributed by atoms with Gasteiger partial charge in [0.05, 0.1) is 6.20 Å². The largest absolute Gasteiger partial charge is 0.356 e. The van der Waals surface area contributed by atoms with E-state index in [-0.39, 0.29) is 0 Å². The fourth-order valence-electron chi connectivity index (χ4n) is 2.12. The molecule has 0 aliphatic rings. The number of hydrazine groups is 1. The van der Waals surface area contributed by atoms with Crippen LogP contribution in [0.4, 0.5) is 0 Å². The molecule has 0 atom stereocenters. The first-order chi connectivity index (χ1) is 11.1. The summed E-state index contributed by atoms with van der Waals surface area (Å²) >= 11 is 3.24. The average Bonchev–Trinajstić information content (AvgIpc) is 3.24. The maximum absolute atomic E-state index is 12.3. The van der Waals surface area contributed by atoms with E-state index < -0.39 is 11.8 Å². The van der Waals surface area contributed by atoms with Gasteiger partial charge in [-0.1, -0.05) is 0 Å². The summed E-state index contributed by atoms with van der Waals surface area (Å²) in [5.74, 6) is -0.305. The molecule has 0 saturated carbocycles. The van der Waals surface area contributed by atoms with E-state index in [0.717, 1.165) is 4.47 Å². The molecule has 3 heterocycles. The quantitative estimate of drug-likeness (QED) is 0.602. The van der Waals surface area contributed by atoms with Gasteiger partial charge in [0.1, 0.15) is 17.1 Å². The van der Waals surface area contributed by atoms with Crippen LogP contribution in [0.2, 0.25) is 0 Å². The smallest absolute Gasteiger partial charge is 0.286 e. The molecule has 3 N–H and O–H groups in total. The van der Waals surface area contributed by atoms with Crippen LogP contribution in [0.1, 0.15) is 20.8 Å². The molecule has 118 valence electrons. The molecular formula is C14H13BrN6O2. The van der Waals surface area contributed by atoms with Crippen molar-refractivity contribution in [2.24, 2.45) is 7.05 Å². The van der Waals surface area contributed by atoms with E-state index >= 15 is 0 Å². The summed E-state index contributed by atoms with van der Waals surface area (Å²) in [6.07, 6.45) is 6.69. The zero-order valence-electron chi connectivity index (χ0n) is 12.1. The molecule has 0 saturated heterocycles. The van der Waals surface area contributed by atoms with E-state index in [1.165, 1.54) is 6.20 Å². The van der Waals surface area contributed by atoms with Gasteiger partial charge in [0.15, 0.2) is 0 Å². The molecular weight excluding hydrogens is 364 g/mol. The zero-order chi connectivity index (χ0) is 16.4. The molecule has 0 radical (unpaired) electrons. The minimum atomic E-state index is -0.458. The van der Waals surface area contributed by atoms with Crippen LogP contribution in [0, 0.1) is 0 Å². The third-order valence-electron chi connectivity index (χ3n) is 3.18. The van der Waals surface area contributed by atoms with Crippen molar-refractivity contribution in [1.29, 1.82) is 0 Å². The number of carbonyl (C=O) groups is 2. The maximum Gasteiger partial charge on any atom is 0.286 e. The highest BCUT2D eigenvalue weighted by atomic mass is 79.9. The molecule has 23 heavy (non-hydrogen) atoms. The summed E-state index contributed by atoms with van der Waals surface area (Å²) in [6, 6.07) is 5.30. The number of rotatable bonds is 3. The molecule has 0 aliphatic heterocycles. The van der Waals surface area contributed by atoms with Gasteiger partial charge in [-0.3, -0.25) is 25.1 Å². The Morgan fingerprint density at radius 1 is 1.22 bits per heavy atom. The number of aryl methyl sites for hydroxylation is 1. The van der Waals surface area contributed by atoms with Crippen LogP contribution in [0.25, 0.3) is 5.82 Å². The van der Waals surface area contributed by atoms with E-state index in [1.807, 2.05) is 24.5 Å². The highest BCUT2D eigenvalue weighted by Crippen LogP contribution is 2.13. The van der Waals surface area contributed by atoms with Gasteiger partial charge in [-0.2, -0.15) is 5.10 Å². The van der Waals surface area contributed by atoms with Crippen LogP contribution >= 0.6 is 15.9 Å². The molecule has 0 aliphatic carbocycles. The number of aromatic nitrogens is 4. The Labute approximate surface area is 139 Å². The van der Waals surface area contributed by atoms with Crippen LogP contribution in [0.15, 0.2) is 47.5 Å². The summed E-state index contributed by atoms with van der Waals surface area (Å²) < 4.78 is 4.10. The Bertz CT molecular complexity index is 849. The topological polar surface area (TPSA) is 96.7 Å². The lowest BCUT2D eigenvalue weighted by atomic mass is 10.3. The van der Waals surface area contributed by atoms with Crippen LogP contribution in [0.3, 0.4) is 0 Å². The van der Waals surface area contributed by atoms with Crippen molar-refractivity contribution in [3.05, 3.63) is 58.7 Å². The van der Waals surface area contributed by atoms with Crippen LogP contribution in [-0.4, -0.2) is 31.1 Å². The second-order valence-electron chi connectivity index (χ2n) is 4.74. The third-order valence-corrected chi connectivity index (χ3v) is 3.64. The lowest BCUT2D eigenvalue weighted by molar-refractivity contribution is 0.0844. The molecule has 2 amide bonds. The maximum atomic E-state index is 12.3. The van der Waals surface area contributed by atoms with Gasteiger partial charge in [-0.15, -0.1) is 0 Å². The predicted octanol–water partition coefficient (Wildman–Crippen LogP) is 1.38. The summed E-state index contributed by atoms with van der Waals surface area (Å²) in [5.41, 5.74) is 5.41. The molecule has 0 aromatic carbocycles. The normalized spacial score (nSPS) is 10.5. The molecule has 0 unspecified atom stereocenters. The Hall–Kier alpha value is -2.81. The fourth-order valence-corrected chi connectivity index (χ4v) is 2.46. The van der Waals surface area contributed by atoms with Gasteiger partial charge in [0.2, 0.25) is 0 Å². The van der Waals surface area contributed by atoms with Crippen LogP contribution in [-0.2, 0) is 7.05 Å². The second-order valence-corrected chi connectivity index (χ2v) is 5.65. The van der Waals surface area contributed by atoms with Crippen molar-refractivity contribution in [1.82, 2.24) is 30.2 Å². The number of H-pyrrole nitrogens is 1. The summed E-state index contributed by atoms with van der Waals surface area (Å²) in [5, 5.41) is 4.09. The number of aromatic amines is 1. The van der Waals surface area contributed by atoms with E-state index in [0.29, 0.717) is 17.1 Å².